The molecule has 0 saturated carbocycles. The average Bonchev–Trinajstić information content (AvgIpc) is 2.73. The molecule has 13 heteroatoms. The topological polar surface area (TPSA) is 127 Å². The van der Waals surface area contributed by atoms with Crippen molar-refractivity contribution in [3.8, 4) is 11.4 Å². The lowest BCUT2D eigenvalue weighted by Gasteiger charge is -2.42. The predicted octanol–water partition coefficient (Wildman–Crippen LogP) is 1.30. The number of anilines is 3. The van der Waals surface area contributed by atoms with Gasteiger partial charge in [0.25, 0.3) is 6.43 Å². The molecule has 2 aromatic heterocycles. The summed E-state index contributed by atoms with van der Waals surface area (Å²) in [6, 6.07) is 1.11. The summed E-state index contributed by atoms with van der Waals surface area (Å²) in [5, 5.41) is 0. The van der Waals surface area contributed by atoms with Crippen LogP contribution in [0, 0.1) is 0 Å². The number of rotatable bonds is 4. The highest BCUT2D eigenvalue weighted by Gasteiger charge is 2.34. The zero-order valence-electron chi connectivity index (χ0n) is 17.8. The molecule has 2 fully saturated rings. The Bertz CT molecular complexity index is 1100. The van der Waals surface area contributed by atoms with Gasteiger partial charge >= 0.3 is 0 Å². The number of ether oxygens (including phenoxy) is 1. The number of nitrogens with two attached hydrogens (primary N) is 1. The summed E-state index contributed by atoms with van der Waals surface area (Å²) in [5.74, 6) is 0.483. The molecule has 0 radical (unpaired) electrons. The van der Waals surface area contributed by atoms with E-state index >= 15 is 0 Å². The molecule has 0 spiro atoms. The normalized spacial score (nSPS) is 20.5. The van der Waals surface area contributed by atoms with E-state index in [-0.39, 0.29) is 53.3 Å². The lowest BCUT2D eigenvalue weighted by Crippen LogP contribution is -2.54. The van der Waals surface area contributed by atoms with Crippen LogP contribution in [0.25, 0.3) is 11.4 Å². The van der Waals surface area contributed by atoms with Gasteiger partial charge in [0.05, 0.1) is 30.3 Å². The molecule has 0 amide bonds. The number of hydrogen-bond donors (Lipinski definition) is 1. The molecule has 0 unspecified atom stereocenters. The van der Waals surface area contributed by atoms with E-state index in [1.54, 1.807) is 4.90 Å². The first-order chi connectivity index (χ1) is 15.1. The van der Waals surface area contributed by atoms with Gasteiger partial charge in [-0.1, -0.05) is 0 Å². The summed E-state index contributed by atoms with van der Waals surface area (Å²) in [6.45, 7) is 5.77. The van der Waals surface area contributed by atoms with Gasteiger partial charge in [-0.05, 0) is 19.9 Å². The van der Waals surface area contributed by atoms with Gasteiger partial charge in [0.2, 0.25) is 11.9 Å². The molecule has 4 heterocycles. The summed E-state index contributed by atoms with van der Waals surface area (Å²) in [4.78, 5) is 21.1. The van der Waals surface area contributed by atoms with Crippen LogP contribution in [0.2, 0.25) is 0 Å². The van der Waals surface area contributed by atoms with Crippen molar-refractivity contribution in [2.45, 2.75) is 25.8 Å². The molecule has 0 bridgehead atoms. The highest BCUT2D eigenvalue weighted by molar-refractivity contribution is 7.91. The Morgan fingerprint density at radius 2 is 1.81 bits per heavy atom. The van der Waals surface area contributed by atoms with Gasteiger partial charge in [-0.3, -0.25) is 0 Å². The molecule has 10 nitrogen and oxygen atoms in total. The van der Waals surface area contributed by atoms with Crippen LogP contribution in [0.1, 0.15) is 25.8 Å². The van der Waals surface area contributed by atoms with E-state index in [2.05, 4.69) is 19.9 Å². The maximum atomic E-state index is 13.8. The molecule has 174 valence electrons. The second kappa shape index (κ2) is 8.35. The average molecular weight is 470 g/mol. The first-order valence-electron chi connectivity index (χ1n) is 10.2. The molecule has 2 aliphatic heterocycles. The van der Waals surface area contributed by atoms with Crippen LogP contribution in [0.15, 0.2) is 12.3 Å². The fourth-order valence-corrected chi connectivity index (χ4v) is 4.93. The highest BCUT2D eigenvalue weighted by Crippen LogP contribution is 2.33. The number of sulfone groups is 1. The number of pyridine rings is 1. The SMILES string of the molecule is CC1(C)COCCN1c1nc(-c2cnc(N)cc2C(F)F)nc(N2CCS(=O)(=O)CC2)n1. The molecule has 2 saturated heterocycles. The monoisotopic (exact) mass is 469 g/mol. The zero-order valence-corrected chi connectivity index (χ0v) is 18.6. The molecular formula is C19H25F2N7O3S. The third-order valence-corrected chi connectivity index (χ3v) is 7.17. The molecule has 0 atom stereocenters. The maximum Gasteiger partial charge on any atom is 0.264 e. The number of morpholine rings is 1. The minimum Gasteiger partial charge on any atom is -0.384 e. The Balaban J connectivity index is 1.83. The Morgan fingerprint density at radius 1 is 1.12 bits per heavy atom. The number of aromatic nitrogens is 4. The minimum atomic E-state index is -3.12. The Labute approximate surface area is 184 Å². The Morgan fingerprint density at radius 3 is 2.47 bits per heavy atom. The molecular weight excluding hydrogens is 444 g/mol. The molecule has 2 aliphatic rings. The maximum absolute atomic E-state index is 13.8. The Hall–Kier alpha value is -2.67. The van der Waals surface area contributed by atoms with Gasteiger partial charge in [-0.15, -0.1) is 0 Å². The lowest BCUT2D eigenvalue weighted by atomic mass is 10.0. The molecule has 2 N–H and O–H groups in total. The third kappa shape index (κ3) is 4.58. The standard InChI is InChI=1S/C19H25F2N7O3S/c1-19(2)11-31-6-3-28(19)18-25-16(13-10-23-14(22)9-12(13)15(20)21)24-17(26-18)27-4-7-32(29,30)8-5-27/h9-10,15H,3-8,11H2,1-2H3,(H2,22,23). The quantitative estimate of drug-likeness (QED) is 0.700. The number of alkyl halides is 2. The summed E-state index contributed by atoms with van der Waals surface area (Å²) in [6.07, 6.45) is -1.58. The van der Waals surface area contributed by atoms with Gasteiger partial charge in [-0.2, -0.15) is 15.0 Å². The second-order valence-electron chi connectivity index (χ2n) is 8.41. The van der Waals surface area contributed by atoms with Crippen LogP contribution < -0.4 is 15.5 Å². The number of nitrogen functional groups attached to an aromatic ring is 1. The minimum absolute atomic E-state index is 0.0297. The highest BCUT2D eigenvalue weighted by atomic mass is 32.2. The van der Waals surface area contributed by atoms with Gasteiger partial charge in [-0.25, -0.2) is 22.2 Å². The van der Waals surface area contributed by atoms with Gasteiger partial charge in [0, 0.05) is 37.0 Å². The molecule has 4 rings (SSSR count). The first kappa shape index (κ1) is 22.5. The Kier molecular flexibility index (Phi) is 5.88. The molecule has 0 aromatic carbocycles. The van der Waals surface area contributed by atoms with E-state index in [0.29, 0.717) is 25.7 Å². The van der Waals surface area contributed by atoms with Crippen LogP contribution in [0.4, 0.5) is 26.5 Å². The third-order valence-electron chi connectivity index (χ3n) is 5.56. The van der Waals surface area contributed by atoms with Crippen molar-refractivity contribution in [1.29, 1.82) is 0 Å². The lowest BCUT2D eigenvalue weighted by molar-refractivity contribution is 0.0634. The fourth-order valence-electron chi connectivity index (χ4n) is 3.73. The van der Waals surface area contributed by atoms with Gasteiger partial charge in [0.1, 0.15) is 5.82 Å². The summed E-state index contributed by atoms with van der Waals surface area (Å²) >= 11 is 0. The second-order valence-corrected chi connectivity index (χ2v) is 10.7. The van der Waals surface area contributed by atoms with Crippen molar-refractivity contribution >= 4 is 27.6 Å². The van der Waals surface area contributed by atoms with Crippen molar-refractivity contribution < 1.29 is 21.9 Å². The van der Waals surface area contributed by atoms with Crippen molar-refractivity contribution in [2.75, 3.05) is 59.9 Å². The van der Waals surface area contributed by atoms with E-state index in [1.807, 2.05) is 18.7 Å². The van der Waals surface area contributed by atoms with Crippen molar-refractivity contribution in [2.24, 2.45) is 0 Å². The van der Waals surface area contributed by atoms with Crippen molar-refractivity contribution in [3.63, 3.8) is 0 Å². The van der Waals surface area contributed by atoms with Crippen LogP contribution in [0.5, 0.6) is 0 Å². The van der Waals surface area contributed by atoms with E-state index in [4.69, 9.17) is 10.5 Å². The number of hydrogen-bond acceptors (Lipinski definition) is 10. The summed E-state index contributed by atoms with van der Waals surface area (Å²) in [5.41, 5.74) is 4.89. The van der Waals surface area contributed by atoms with Crippen molar-refractivity contribution in [3.05, 3.63) is 17.8 Å². The van der Waals surface area contributed by atoms with Gasteiger partial charge < -0.3 is 20.3 Å². The molecule has 32 heavy (non-hydrogen) atoms. The number of halogens is 2. The zero-order chi connectivity index (χ0) is 23.1. The van der Waals surface area contributed by atoms with E-state index in [1.165, 1.54) is 6.20 Å². The van der Waals surface area contributed by atoms with Crippen molar-refractivity contribution in [1.82, 2.24) is 19.9 Å². The summed E-state index contributed by atoms with van der Waals surface area (Å²) in [7, 11) is -3.12. The van der Waals surface area contributed by atoms with E-state index in [9.17, 15) is 17.2 Å². The van der Waals surface area contributed by atoms with Gasteiger partial charge in [0.15, 0.2) is 15.7 Å². The van der Waals surface area contributed by atoms with E-state index in [0.717, 1.165) is 6.07 Å². The van der Waals surface area contributed by atoms with Crippen LogP contribution in [0.3, 0.4) is 0 Å². The number of nitrogens with zero attached hydrogens (tertiary/aromatic N) is 6. The predicted molar refractivity (Wildman–Crippen MR) is 116 cm³/mol. The fraction of sp³-hybridized carbons (Fsp3) is 0.579. The largest absolute Gasteiger partial charge is 0.384 e. The molecule has 0 aliphatic carbocycles. The van der Waals surface area contributed by atoms with Crippen LogP contribution in [-0.4, -0.2) is 78.2 Å². The smallest absolute Gasteiger partial charge is 0.264 e. The first-order valence-corrected chi connectivity index (χ1v) is 12.0. The van der Waals surface area contributed by atoms with Crippen LogP contribution >= 0.6 is 0 Å². The van der Waals surface area contributed by atoms with Crippen LogP contribution in [-0.2, 0) is 14.6 Å². The van der Waals surface area contributed by atoms with E-state index < -0.39 is 21.8 Å². The summed E-state index contributed by atoms with van der Waals surface area (Å²) < 4.78 is 56.8. The molecule has 2 aromatic rings.